The molecule has 4 nitrogen and oxygen atoms in total. The predicted molar refractivity (Wildman–Crippen MR) is 44.3 cm³/mol. The molecule has 0 aliphatic carbocycles. The van der Waals surface area contributed by atoms with Crippen LogP contribution in [0.15, 0.2) is 22.8 Å². The Hall–Kier alpha value is -1.29. The summed E-state index contributed by atoms with van der Waals surface area (Å²) in [4.78, 5) is 21.9. The number of carbonyl (C=O) groups excluding carboxylic acids is 2. The predicted octanol–water partition coefficient (Wildman–Crippen LogP) is 1.30. The van der Waals surface area contributed by atoms with E-state index in [-0.39, 0.29) is 5.76 Å². The quantitative estimate of drug-likeness (QED) is 0.421. The van der Waals surface area contributed by atoms with Gasteiger partial charge in [0.2, 0.25) is 0 Å². The highest BCUT2D eigenvalue weighted by Gasteiger charge is 2.27. The first-order valence-electron chi connectivity index (χ1n) is 3.46. The van der Waals surface area contributed by atoms with Gasteiger partial charge in [-0.2, -0.15) is 0 Å². The van der Waals surface area contributed by atoms with Crippen LogP contribution in [0.2, 0.25) is 0 Å². The Kier molecular flexibility index (Phi) is 3.08. The fourth-order valence-electron chi connectivity index (χ4n) is 0.769. The fourth-order valence-corrected chi connectivity index (χ4v) is 0.982. The van der Waals surface area contributed by atoms with Gasteiger partial charge in [0.15, 0.2) is 5.38 Å². The van der Waals surface area contributed by atoms with Gasteiger partial charge in [-0.15, -0.1) is 11.6 Å². The van der Waals surface area contributed by atoms with Crippen molar-refractivity contribution in [3.8, 4) is 0 Å². The van der Waals surface area contributed by atoms with Crippen molar-refractivity contribution in [3.05, 3.63) is 24.2 Å². The van der Waals surface area contributed by atoms with Crippen molar-refractivity contribution in [2.24, 2.45) is 0 Å². The van der Waals surface area contributed by atoms with E-state index in [2.05, 4.69) is 4.74 Å². The summed E-state index contributed by atoms with van der Waals surface area (Å²) in [6.45, 7) is 0. The van der Waals surface area contributed by atoms with Crippen molar-refractivity contribution in [2.75, 3.05) is 7.11 Å². The molecule has 1 aromatic heterocycles. The molecule has 0 fully saturated rings. The summed E-state index contributed by atoms with van der Waals surface area (Å²) in [5, 5.41) is -1.11. The summed E-state index contributed by atoms with van der Waals surface area (Å²) in [6.07, 6.45) is 1.37. The summed E-state index contributed by atoms with van der Waals surface area (Å²) in [7, 11) is 1.12. The van der Waals surface area contributed by atoms with Crippen LogP contribution in [0.4, 0.5) is 0 Å². The molecule has 1 unspecified atom stereocenters. The topological polar surface area (TPSA) is 56.5 Å². The second-order valence-electron chi connectivity index (χ2n) is 2.23. The summed E-state index contributed by atoms with van der Waals surface area (Å²) in [6, 6.07) is 3.09. The van der Waals surface area contributed by atoms with Gasteiger partial charge in [-0.1, -0.05) is 0 Å². The van der Waals surface area contributed by atoms with E-state index in [1.54, 1.807) is 6.07 Å². The molecule has 0 saturated heterocycles. The maximum atomic E-state index is 11.1. The largest absolute Gasteiger partial charge is 0.467 e. The number of halogens is 1. The van der Waals surface area contributed by atoms with Crippen molar-refractivity contribution in [3.63, 3.8) is 0 Å². The minimum atomic E-state index is -1.11. The SMILES string of the molecule is COC(=O)C(=O)C(Cl)c1ccco1. The van der Waals surface area contributed by atoms with Crippen LogP contribution < -0.4 is 0 Å². The molecule has 13 heavy (non-hydrogen) atoms. The zero-order chi connectivity index (χ0) is 9.84. The van der Waals surface area contributed by atoms with Gasteiger partial charge < -0.3 is 9.15 Å². The molecule has 1 atom stereocenters. The number of carbonyl (C=O) groups is 2. The standard InChI is InChI=1S/C8H7ClO4/c1-12-8(11)7(10)6(9)5-3-2-4-13-5/h2-4,6H,1H3. The molecule has 5 heteroatoms. The average molecular weight is 203 g/mol. The lowest BCUT2D eigenvalue weighted by molar-refractivity contribution is -0.151. The maximum absolute atomic E-state index is 11.1. The van der Waals surface area contributed by atoms with Crippen LogP contribution in [-0.4, -0.2) is 18.9 Å². The molecule has 0 amide bonds. The van der Waals surface area contributed by atoms with Gasteiger partial charge in [0.05, 0.1) is 13.4 Å². The molecule has 0 N–H and O–H groups in total. The number of methoxy groups -OCH3 is 1. The molecule has 0 aliphatic rings. The Morgan fingerprint density at radius 2 is 2.31 bits per heavy atom. The molecule has 1 heterocycles. The van der Waals surface area contributed by atoms with Crippen LogP contribution in [0.5, 0.6) is 0 Å². The molecule has 0 spiro atoms. The second kappa shape index (κ2) is 4.09. The van der Waals surface area contributed by atoms with E-state index in [0.29, 0.717) is 0 Å². The second-order valence-corrected chi connectivity index (χ2v) is 2.67. The third-order valence-corrected chi connectivity index (χ3v) is 1.82. The zero-order valence-corrected chi connectivity index (χ0v) is 7.58. The van der Waals surface area contributed by atoms with Gasteiger partial charge in [-0.05, 0) is 12.1 Å². The van der Waals surface area contributed by atoms with Crippen LogP contribution in [-0.2, 0) is 14.3 Å². The van der Waals surface area contributed by atoms with Crippen LogP contribution in [0, 0.1) is 0 Å². The average Bonchev–Trinajstić information content (AvgIpc) is 2.67. The van der Waals surface area contributed by atoms with E-state index in [1.165, 1.54) is 12.3 Å². The van der Waals surface area contributed by atoms with Gasteiger partial charge in [-0.3, -0.25) is 4.79 Å². The van der Waals surface area contributed by atoms with Crippen molar-refractivity contribution in [1.29, 1.82) is 0 Å². The van der Waals surface area contributed by atoms with Gasteiger partial charge in [-0.25, -0.2) is 4.79 Å². The summed E-state index contributed by atoms with van der Waals surface area (Å²) < 4.78 is 9.07. The normalized spacial score (nSPS) is 12.2. The third-order valence-electron chi connectivity index (χ3n) is 1.41. The molecule has 0 bridgehead atoms. The number of ketones is 1. The number of rotatable bonds is 3. The molecule has 1 rings (SSSR count). The summed E-state index contributed by atoms with van der Waals surface area (Å²) in [5.74, 6) is -1.58. The Balaban J connectivity index is 2.74. The van der Waals surface area contributed by atoms with E-state index in [4.69, 9.17) is 16.0 Å². The monoisotopic (exact) mass is 202 g/mol. The van der Waals surface area contributed by atoms with Gasteiger partial charge in [0.25, 0.3) is 5.78 Å². The summed E-state index contributed by atoms with van der Waals surface area (Å²) >= 11 is 5.63. The lowest BCUT2D eigenvalue weighted by Crippen LogP contribution is -2.19. The first-order valence-corrected chi connectivity index (χ1v) is 3.90. The van der Waals surface area contributed by atoms with E-state index in [0.717, 1.165) is 7.11 Å². The van der Waals surface area contributed by atoms with E-state index in [9.17, 15) is 9.59 Å². The Bertz CT molecular complexity index is 304. The lowest BCUT2D eigenvalue weighted by atomic mass is 10.2. The van der Waals surface area contributed by atoms with Crippen LogP contribution >= 0.6 is 11.6 Å². The lowest BCUT2D eigenvalue weighted by Gasteiger charge is -2.02. The number of furan rings is 1. The van der Waals surface area contributed by atoms with Crippen molar-refractivity contribution < 1.29 is 18.7 Å². The van der Waals surface area contributed by atoms with Gasteiger partial charge in [0, 0.05) is 0 Å². The molecule has 1 aromatic rings. The first-order chi connectivity index (χ1) is 6.16. The molecule has 0 aromatic carbocycles. The Morgan fingerprint density at radius 1 is 1.62 bits per heavy atom. The molecule has 0 radical (unpaired) electrons. The number of hydrogen-bond acceptors (Lipinski definition) is 4. The van der Waals surface area contributed by atoms with Gasteiger partial charge in [0.1, 0.15) is 5.76 Å². The highest BCUT2D eigenvalue weighted by atomic mass is 35.5. The van der Waals surface area contributed by atoms with Crippen LogP contribution in [0.25, 0.3) is 0 Å². The molecule has 70 valence electrons. The van der Waals surface area contributed by atoms with Crippen molar-refractivity contribution in [1.82, 2.24) is 0 Å². The Morgan fingerprint density at radius 3 is 2.77 bits per heavy atom. The fraction of sp³-hybridized carbons (Fsp3) is 0.250. The minimum absolute atomic E-state index is 0.233. The van der Waals surface area contributed by atoms with E-state index >= 15 is 0 Å². The molecule has 0 aliphatic heterocycles. The summed E-state index contributed by atoms with van der Waals surface area (Å²) in [5.41, 5.74) is 0. The highest BCUT2D eigenvalue weighted by molar-refractivity contribution is 6.47. The van der Waals surface area contributed by atoms with Crippen LogP contribution in [0.1, 0.15) is 11.1 Å². The Labute approximate surface area is 79.4 Å². The number of hydrogen-bond donors (Lipinski definition) is 0. The number of alkyl halides is 1. The highest BCUT2D eigenvalue weighted by Crippen LogP contribution is 2.21. The zero-order valence-electron chi connectivity index (χ0n) is 6.82. The number of ether oxygens (including phenoxy) is 1. The van der Waals surface area contributed by atoms with E-state index in [1.807, 2.05) is 0 Å². The smallest absolute Gasteiger partial charge is 0.376 e. The maximum Gasteiger partial charge on any atom is 0.376 e. The van der Waals surface area contributed by atoms with Crippen LogP contribution in [0.3, 0.4) is 0 Å². The van der Waals surface area contributed by atoms with Crippen molar-refractivity contribution >= 4 is 23.4 Å². The first kappa shape index (κ1) is 9.80. The molecule has 0 saturated carbocycles. The van der Waals surface area contributed by atoms with Crippen molar-refractivity contribution in [2.45, 2.75) is 5.38 Å². The number of esters is 1. The molecular formula is C8H7ClO4. The van der Waals surface area contributed by atoms with Gasteiger partial charge >= 0.3 is 5.97 Å². The number of Topliss-reactive ketones (excluding diaryl/α,β-unsaturated/α-hetero) is 1. The third kappa shape index (κ3) is 2.09. The molecular weight excluding hydrogens is 196 g/mol. The van der Waals surface area contributed by atoms with E-state index < -0.39 is 17.1 Å². The minimum Gasteiger partial charge on any atom is -0.467 e.